The second kappa shape index (κ2) is 11.7. The Morgan fingerprint density at radius 2 is 1.97 bits per heavy atom. The van der Waals surface area contributed by atoms with Crippen molar-refractivity contribution in [1.82, 2.24) is 20.2 Å². The van der Waals surface area contributed by atoms with Crippen LogP contribution in [0.1, 0.15) is 39.2 Å². The molecule has 0 unspecified atom stereocenters. The van der Waals surface area contributed by atoms with E-state index in [1.807, 2.05) is 23.1 Å². The fourth-order valence-corrected chi connectivity index (χ4v) is 4.67. The molecule has 194 valence electrons. The van der Waals surface area contributed by atoms with E-state index in [4.69, 9.17) is 9.47 Å². The number of nitrogens with one attached hydrogen (secondary N) is 2. The third-order valence-corrected chi connectivity index (χ3v) is 6.63. The Bertz CT molecular complexity index is 1240. The minimum atomic E-state index is -0.478. The Labute approximate surface area is 211 Å². The summed E-state index contributed by atoms with van der Waals surface area (Å²) in [6.07, 6.45) is 4.19. The van der Waals surface area contributed by atoms with Gasteiger partial charge in [-0.3, -0.25) is 9.36 Å². The molecule has 8 nitrogen and oxygen atoms in total. The average Bonchev–Trinajstić information content (AvgIpc) is 2.90. The fourth-order valence-electron chi connectivity index (χ4n) is 4.67. The molecule has 0 spiro atoms. The zero-order chi connectivity index (χ0) is 25.7. The van der Waals surface area contributed by atoms with Crippen LogP contribution in [0.4, 0.5) is 15.8 Å². The third kappa shape index (κ3) is 5.63. The highest BCUT2D eigenvalue weighted by atomic mass is 19.1. The van der Waals surface area contributed by atoms with Crippen molar-refractivity contribution < 1.29 is 13.9 Å². The summed E-state index contributed by atoms with van der Waals surface area (Å²) in [4.78, 5) is 19.9. The molecule has 9 heteroatoms. The molecule has 1 saturated heterocycles. The van der Waals surface area contributed by atoms with Crippen molar-refractivity contribution in [1.29, 1.82) is 0 Å². The van der Waals surface area contributed by atoms with Crippen molar-refractivity contribution in [2.24, 2.45) is 0 Å². The van der Waals surface area contributed by atoms with Crippen LogP contribution >= 0.6 is 0 Å². The first-order valence-electron chi connectivity index (χ1n) is 12.6. The van der Waals surface area contributed by atoms with E-state index in [1.165, 1.54) is 20.3 Å². The van der Waals surface area contributed by atoms with Crippen LogP contribution in [0.5, 0.6) is 11.5 Å². The summed E-state index contributed by atoms with van der Waals surface area (Å²) in [5.41, 5.74) is 1.60. The van der Waals surface area contributed by atoms with Crippen LogP contribution < -0.4 is 30.6 Å². The van der Waals surface area contributed by atoms with E-state index < -0.39 is 5.82 Å². The number of methoxy groups -OCH3 is 2. The molecule has 0 saturated carbocycles. The van der Waals surface area contributed by atoms with Gasteiger partial charge in [0, 0.05) is 36.4 Å². The molecule has 36 heavy (non-hydrogen) atoms. The number of benzene rings is 2. The van der Waals surface area contributed by atoms with Gasteiger partial charge in [-0.15, -0.1) is 0 Å². The molecule has 1 fully saturated rings. The van der Waals surface area contributed by atoms with Crippen LogP contribution in [-0.2, 0) is 0 Å². The Morgan fingerprint density at radius 3 is 2.67 bits per heavy atom. The second-order valence-corrected chi connectivity index (χ2v) is 9.42. The summed E-state index contributed by atoms with van der Waals surface area (Å²) in [7, 11) is 2.97. The number of hydrogen-bond acceptors (Lipinski definition) is 7. The molecule has 4 rings (SSSR count). The molecule has 2 N–H and O–H groups in total. The van der Waals surface area contributed by atoms with Gasteiger partial charge in [0.1, 0.15) is 5.75 Å². The zero-order valence-corrected chi connectivity index (χ0v) is 21.5. The molecular weight excluding hydrogens is 461 g/mol. The van der Waals surface area contributed by atoms with Crippen molar-refractivity contribution in [2.45, 2.75) is 45.2 Å². The summed E-state index contributed by atoms with van der Waals surface area (Å²) < 4.78 is 28.0. The summed E-state index contributed by atoms with van der Waals surface area (Å²) >= 11 is 0. The van der Waals surface area contributed by atoms with Crippen LogP contribution in [0.15, 0.2) is 41.5 Å². The van der Waals surface area contributed by atoms with Gasteiger partial charge < -0.3 is 25.0 Å². The van der Waals surface area contributed by atoms with E-state index in [9.17, 15) is 4.79 Å². The van der Waals surface area contributed by atoms with Crippen molar-refractivity contribution in [2.75, 3.05) is 45.3 Å². The number of ether oxygens (including phenoxy) is 2. The van der Waals surface area contributed by atoms with Crippen molar-refractivity contribution in [3.63, 3.8) is 0 Å². The maximum Gasteiger partial charge on any atom is 0.261 e. The van der Waals surface area contributed by atoms with E-state index >= 15 is 4.39 Å². The highest BCUT2D eigenvalue weighted by Crippen LogP contribution is 2.37. The van der Waals surface area contributed by atoms with E-state index in [0.29, 0.717) is 40.6 Å². The predicted molar refractivity (Wildman–Crippen MR) is 141 cm³/mol. The zero-order valence-electron chi connectivity index (χ0n) is 21.5. The topological polar surface area (TPSA) is 80.7 Å². The number of hydrogen-bond donors (Lipinski definition) is 2. The normalized spacial score (nSPS) is 14.4. The number of fused-ring (bicyclic) bond motifs is 1. The molecule has 0 radical (unpaired) electrons. The van der Waals surface area contributed by atoms with E-state index in [0.717, 1.165) is 38.9 Å². The van der Waals surface area contributed by atoms with E-state index in [1.54, 1.807) is 17.0 Å². The number of rotatable bonds is 10. The number of piperidine rings is 1. The van der Waals surface area contributed by atoms with Crippen molar-refractivity contribution in [3.05, 3.63) is 52.8 Å². The molecule has 0 bridgehead atoms. The van der Waals surface area contributed by atoms with Gasteiger partial charge >= 0.3 is 0 Å². The molecule has 3 aromatic rings. The van der Waals surface area contributed by atoms with Gasteiger partial charge in [0.15, 0.2) is 11.6 Å². The van der Waals surface area contributed by atoms with Gasteiger partial charge in [-0.05, 0) is 57.1 Å². The molecular formula is C27H36FN5O3. The first-order chi connectivity index (χ1) is 17.4. The number of anilines is 2. The molecule has 1 aliphatic heterocycles. The lowest BCUT2D eigenvalue weighted by Gasteiger charge is -2.27. The Balaban J connectivity index is 1.78. The lowest BCUT2D eigenvalue weighted by Crippen LogP contribution is -2.34. The Kier molecular flexibility index (Phi) is 8.43. The van der Waals surface area contributed by atoms with Crippen LogP contribution in [0.3, 0.4) is 0 Å². The Morgan fingerprint density at radius 1 is 1.19 bits per heavy atom. The quantitative estimate of drug-likeness (QED) is 0.410. The molecule has 1 aliphatic rings. The van der Waals surface area contributed by atoms with Crippen molar-refractivity contribution >= 4 is 22.3 Å². The molecule has 1 aromatic heterocycles. The third-order valence-electron chi connectivity index (χ3n) is 6.63. The molecule has 2 heterocycles. The van der Waals surface area contributed by atoms with E-state index in [2.05, 4.69) is 29.5 Å². The van der Waals surface area contributed by atoms with Crippen LogP contribution in [0, 0.1) is 5.82 Å². The standard InChI is InChI=1S/C27H36FN5O3/c1-18(2)30-10-5-13-32(24-15-21(35-3)16-25(36-4)26(24)28)20-6-7-23-22(14-20)27(34)33(17-31-23)19-8-11-29-12-9-19/h6-7,14-19,29-30H,5,8-13H2,1-4H3. The SMILES string of the molecule is COc1cc(OC)c(F)c(N(CCCNC(C)C)c2ccc3ncn(C4CCNCC4)c(=O)c3c2)c1. The maximum atomic E-state index is 15.5. The maximum absolute atomic E-state index is 15.5. The van der Waals surface area contributed by atoms with Gasteiger partial charge in [-0.2, -0.15) is 0 Å². The fraction of sp³-hybridized carbons (Fsp3) is 0.481. The molecule has 2 aromatic carbocycles. The average molecular weight is 498 g/mol. The molecule has 0 atom stereocenters. The van der Waals surface area contributed by atoms with Gasteiger partial charge in [0.2, 0.25) is 0 Å². The van der Waals surface area contributed by atoms with Gasteiger partial charge in [0.05, 0.1) is 37.1 Å². The summed E-state index contributed by atoms with van der Waals surface area (Å²) in [6, 6.07) is 9.19. The van der Waals surface area contributed by atoms with Crippen molar-refractivity contribution in [3.8, 4) is 11.5 Å². The highest BCUT2D eigenvalue weighted by Gasteiger charge is 2.22. The van der Waals surface area contributed by atoms with Crippen LogP contribution in [0.25, 0.3) is 10.9 Å². The highest BCUT2D eigenvalue weighted by molar-refractivity contribution is 5.83. The smallest absolute Gasteiger partial charge is 0.261 e. The first-order valence-corrected chi connectivity index (χ1v) is 12.6. The number of nitrogens with zero attached hydrogens (tertiary/aromatic N) is 3. The monoisotopic (exact) mass is 497 g/mol. The second-order valence-electron chi connectivity index (χ2n) is 9.42. The number of aromatic nitrogens is 2. The lowest BCUT2D eigenvalue weighted by atomic mass is 10.1. The van der Waals surface area contributed by atoms with Crippen LogP contribution in [-0.4, -0.2) is 56.0 Å². The van der Waals surface area contributed by atoms with E-state index in [-0.39, 0.29) is 17.4 Å². The summed E-state index contributed by atoms with van der Waals surface area (Å²) in [6.45, 7) is 7.24. The minimum Gasteiger partial charge on any atom is -0.497 e. The largest absolute Gasteiger partial charge is 0.497 e. The van der Waals surface area contributed by atoms with Gasteiger partial charge in [-0.1, -0.05) is 13.8 Å². The van der Waals surface area contributed by atoms with Crippen LogP contribution in [0.2, 0.25) is 0 Å². The summed E-state index contributed by atoms with van der Waals surface area (Å²) in [5.74, 6) is 0.114. The predicted octanol–water partition coefficient (Wildman–Crippen LogP) is 4.00. The summed E-state index contributed by atoms with van der Waals surface area (Å²) in [5, 5.41) is 7.27. The molecule has 0 amide bonds. The molecule has 0 aliphatic carbocycles. The minimum absolute atomic E-state index is 0.0705. The first kappa shape index (κ1) is 25.9. The van der Waals surface area contributed by atoms with Gasteiger partial charge in [0.25, 0.3) is 5.56 Å². The number of halogens is 1. The lowest BCUT2D eigenvalue weighted by molar-refractivity contribution is 0.359. The Hall–Kier alpha value is -3.17. The van der Waals surface area contributed by atoms with Gasteiger partial charge in [-0.25, -0.2) is 9.37 Å².